The van der Waals surface area contributed by atoms with Gasteiger partial charge in [-0.15, -0.1) is 5.10 Å². The summed E-state index contributed by atoms with van der Waals surface area (Å²) in [6.45, 7) is 1.61. The van der Waals surface area contributed by atoms with Gasteiger partial charge in [-0.2, -0.15) is 13.2 Å². The fraction of sp³-hybridized carbons (Fsp3) is 0.250. The zero-order valence-electron chi connectivity index (χ0n) is 10.3. The summed E-state index contributed by atoms with van der Waals surface area (Å²) in [6, 6.07) is 4.31. The van der Waals surface area contributed by atoms with Crippen LogP contribution in [0.3, 0.4) is 0 Å². The molecule has 0 saturated carbocycles. The maximum atomic E-state index is 12.6. The Bertz CT molecular complexity index is 598. The molecule has 1 aromatic heterocycles. The first-order valence-corrected chi connectivity index (χ1v) is 6.40. The maximum absolute atomic E-state index is 12.6. The van der Waals surface area contributed by atoms with Gasteiger partial charge in [-0.25, -0.2) is 0 Å². The van der Waals surface area contributed by atoms with Crippen LogP contribution in [0.25, 0.3) is 0 Å². The van der Waals surface area contributed by atoms with Gasteiger partial charge in [0.15, 0.2) is 0 Å². The van der Waals surface area contributed by atoms with Crippen molar-refractivity contribution in [1.29, 1.82) is 0 Å². The van der Waals surface area contributed by atoms with E-state index in [4.69, 9.17) is 0 Å². The van der Waals surface area contributed by atoms with E-state index in [1.807, 2.05) is 0 Å². The Morgan fingerprint density at radius 2 is 2.15 bits per heavy atom. The topological polar surface area (TPSA) is 54.9 Å². The SMILES string of the molecule is CC(NC(=O)c1cnns1)c1cccc(C(F)(F)F)c1. The third-order valence-corrected chi connectivity index (χ3v) is 3.31. The quantitative estimate of drug-likeness (QED) is 0.948. The van der Waals surface area contributed by atoms with Crippen LogP contribution in [0.4, 0.5) is 13.2 Å². The molecule has 20 heavy (non-hydrogen) atoms. The van der Waals surface area contributed by atoms with Crippen molar-refractivity contribution in [3.63, 3.8) is 0 Å². The second-order valence-electron chi connectivity index (χ2n) is 4.10. The Kier molecular flexibility index (Phi) is 4.03. The van der Waals surface area contributed by atoms with Gasteiger partial charge in [-0.1, -0.05) is 16.6 Å². The molecule has 0 aliphatic heterocycles. The van der Waals surface area contributed by atoms with E-state index < -0.39 is 23.7 Å². The van der Waals surface area contributed by atoms with Crippen LogP contribution in [0.15, 0.2) is 30.5 Å². The molecular weight excluding hydrogens is 291 g/mol. The van der Waals surface area contributed by atoms with Gasteiger partial charge in [0.1, 0.15) is 4.88 Å². The highest BCUT2D eigenvalue weighted by Gasteiger charge is 2.30. The highest BCUT2D eigenvalue weighted by molar-refractivity contribution is 7.07. The number of alkyl halides is 3. The molecule has 1 amide bonds. The normalized spacial score (nSPS) is 13.0. The van der Waals surface area contributed by atoms with Crippen molar-refractivity contribution >= 4 is 17.4 Å². The molecular formula is C12H10F3N3OS. The second kappa shape index (κ2) is 5.58. The Labute approximate surface area is 116 Å². The minimum absolute atomic E-state index is 0.309. The number of nitrogens with zero attached hydrogens (tertiary/aromatic N) is 2. The zero-order valence-corrected chi connectivity index (χ0v) is 11.1. The molecule has 1 aromatic carbocycles. The molecule has 1 N–H and O–H groups in total. The van der Waals surface area contributed by atoms with Crippen molar-refractivity contribution in [3.8, 4) is 0 Å². The van der Waals surface area contributed by atoms with Crippen LogP contribution in [-0.2, 0) is 6.18 Å². The van der Waals surface area contributed by atoms with E-state index in [1.54, 1.807) is 6.92 Å². The molecule has 2 aromatic rings. The summed E-state index contributed by atoms with van der Waals surface area (Å²) >= 11 is 0.922. The molecule has 0 fully saturated rings. The minimum Gasteiger partial charge on any atom is -0.345 e. The van der Waals surface area contributed by atoms with Crippen LogP contribution in [0.2, 0.25) is 0 Å². The minimum atomic E-state index is -4.40. The van der Waals surface area contributed by atoms with Gasteiger partial charge in [-0.3, -0.25) is 4.79 Å². The molecule has 0 aliphatic carbocycles. The number of amides is 1. The number of halogens is 3. The Morgan fingerprint density at radius 1 is 1.40 bits per heavy atom. The number of hydrogen-bond acceptors (Lipinski definition) is 4. The monoisotopic (exact) mass is 301 g/mol. The standard InChI is InChI=1S/C12H10F3N3OS/c1-7(17-11(19)10-6-16-18-20-10)8-3-2-4-9(5-8)12(13,14)15/h2-7H,1H3,(H,17,19). The number of benzene rings is 1. The summed E-state index contributed by atoms with van der Waals surface area (Å²) < 4.78 is 41.4. The molecule has 1 heterocycles. The van der Waals surface area contributed by atoms with Crippen LogP contribution < -0.4 is 5.32 Å². The number of carbonyl (C=O) groups excluding carboxylic acids is 1. The van der Waals surface area contributed by atoms with Crippen LogP contribution >= 0.6 is 11.5 Å². The lowest BCUT2D eigenvalue weighted by molar-refractivity contribution is -0.137. The van der Waals surface area contributed by atoms with Crippen LogP contribution in [0, 0.1) is 0 Å². The third kappa shape index (κ3) is 3.32. The molecule has 0 spiro atoms. The first-order valence-electron chi connectivity index (χ1n) is 5.63. The number of nitrogens with one attached hydrogen (secondary N) is 1. The molecule has 2 rings (SSSR count). The van der Waals surface area contributed by atoms with Crippen molar-refractivity contribution in [2.45, 2.75) is 19.1 Å². The summed E-state index contributed by atoms with van der Waals surface area (Å²) in [7, 11) is 0. The first-order chi connectivity index (χ1) is 9.38. The second-order valence-corrected chi connectivity index (χ2v) is 4.89. The number of rotatable bonds is 3. The summed E-state index contributed by atoms with van der Waals surface area (Å²) in [5, 5.41) is 6.13. The molecule has 106 valence electrons. The summed E-state index contributed by atoms with van der Waals surface area (Å²) in [6.07, 6.45) is -3.10. The van der Waals surface area contributed by atoms with E-state index in [0.717, 1.165) is 23.7 Å². The summed E-state index contributed by atoms with van der Waals surface area (Å²) in [4.78, 5) is 12.1. The van der Waals surface area contributed by atoms with E-state index >= 15 is 0 Å². The highest BCUT2D eigenvalue weighted by Crippen LogP contribution is 2.30. The highest BCUT2D eigenvalue weighted by atomic mass is 32.1. The summed E-state index contributed by atoms with van der Waals surface area (Å²) in [5.74, 6) is -0.412. The zero-order chi connectivity index (χ0) is 14.8. The van der Waals surface area contributed by atoms with Gasteiger partial charge in [0, 0.05) is 0 Å². The van der Waals surface area contributed by atoms with Crippen molar-refractivity contribution in [2.75, 3.05) is 0 Å². The Balaban J connectivity index is 2.13. The molecule has 4 nitrogen and oxygen atoms in total. The molecule has 0 radical (unpaired) electrons. The van der Waals surface area contributed by atoms with Crippen molar-refractivity contribution in [1.82, 2.24) is 14.9 Å². The lowest BCUT2D eigenvalue weighted by Gasteiger charge is -2.15. The lowest BCUT2D eigenvalue weighted by atomic mass is 10.0. The largest absolute Gasteiger partial charge is 0.416 e. The number of carbonyl (C=O) groups is 1. The van der Waals surface area contributed by atoms with Gasteiger partial charge in [-0.05, 0) is 36.2 Å². The van der Waals surface area contributed by atoms with Crippen molar-refractivity contribution < 1.29 is 18.0 Å². The average Bonchev–Trinajstić information content (AvgIpc) is 2.91. The fourth-order valence-electron chi connectivity index (χ4n) is 1.60. The molecule has 1 unspecified atom stereocenters. The van der Waals surface area contributed by atoms with E-state index in [2.05, 4.69) is 14.9 Å². The summed E-state index contributed by atoms with van der Waals surface area (Å²) in [5.41, 5.74) is -0.360. The van der Waals surface area contributed by atoms with Gasteiger partial charge < -0.3 is 5.32 Å². The van der Waals surface area contributed by atoms with E-state index in [9.17, 15) is 18.0 Å². The van der Waals surface area contributed by atoms with Gasteiger partial charge in [0.05, 0.1) is 17.8 Å². The van der Waals surface area contributed by atoms with E-state index in [-0.39, 0.29) is 0 Å². The third-order valence-electron chi connectivity index (χ3n) is 2.65. The molecule has 1 atom stereocenters. The Morgan fingerprint density at radius 3 is 2.75 bits per heavy atom. The fourth-order valence-corrected chi connectivity index (χ4v) is 2.02. The van der Waals surface area contributed by atoms with Crippen molar-refractivity contribution in [3.05, 3.63) is 46.5 Å². The van der Waals surface area contributed by atoms with Crippen molar-refractivity contribution in [2.24, 2.45) is 0 Å². The van der Waals surface area contributed by atoms with Gasteiger partial charge in [0.25, 0.3) is 5.91 Å². The number of hydrogen-bond donors (Lipinski definition) is 1. The predicted octanol–water partition coefficient (Wildman–Crippen LogP) is 3.05. The molecule has 0 saturated heterocycles. The predicted molar refractivity (Wildman–Crippen MR) is 67.2 cm³/mol. The van der Waals surface area contributed by atoms with Gasteiger partial charge >= 0.3 is 6.18 Å². The van der Waals surface area contributed by atoms with E-state index in [1.165, 1.54) is 18.3 Å². The smallest absolute Gasteiger partial charge is 0.345 e. The Hall–Kier alpha value is -1.96. The average molecular weight is 301 g/mol. The molecule has 0 bridgehead atoms. The molecule has 0 aliphatic rings. The van der Waals surface area contributed by atoms with E-state index in [0.29, 0.717) is 10.4 Å². The van der Waals surface area contributed by atoms with Crippen LogP contribution in [0.5, 0.6) is 0 Å². The molecule has 8 heteroatoms. The first kappa shape index (κ1) is 14.4. The van der Waals surface area contributed by atoms with Crippen LogP contribution in [0.1, 0.15) is 33.8 Å². The maximum Gasteiger partial charge on any atom is 0.416 e. The number of aromatic nitrogens is 2. The van der Waals surface area contributed by atoms with Crippen LogP contribution in [-0.4, -0.2) is 15.5 Å². The lowest BCUT2D eigenvalue weighted by Crippen LogP contribution is -2.26. The van der Waals surface area contributed by atoms with Gasteiger partial charge in [0.2, 0.25) is 0 Å².